The van der Waals surface area contributed by atoms with Crippen molar-refractivity contribution in [2.24, 2.45) is 45.8 Å². The van der Waals surface area contributed by atoms with Crippen molar-refractivity contribution in [3.63, 3.8) is 0 Å². The summed E-state index contributed by atoms with van der Waals surface area (Å²) in [5.74, 6) is 4.09. The highest BCUT2D eigenvalue weighted by Crippen LogP contribution is 2.68. The molecule has 0 saturated heterocycles. The van der Waals surface area contributed by atoms with E-state index in [2.05, 4.69) is 46.8 Å². The zero-order valence-electron chi connectivity index (χ0n) is 15.8. The van der Waals surface area contributed by atoms with Gasteiger partial charge < -0.3 is 5.11 Å². The maximum Gasteiger partial charge on any atom is 0.0647 e. The molecule has 0 aromatic rings. The summed E-state index contributed by atoms with van der Waals surface area (Å²) in [6, 6.07) is 0. The molecule has 3 fully saturated rings. The van der Waals surface area contributed by atoms with Crippen molar-refractivity contribution < 1.29 is 5.11 Å². The van der Waals surface area contributed by atoms with Crippen molar-refractivity contribution in [2.45, 2.75) is 79.2 Å². The minimum atomic E-state index is -0.117. The highest BCUT2D eigenvalue weighted by atomic mass is 16.3. The van der Waals surface area contributed by atoms with E-state index in [0.717, 1.165) is 29.6 Å². The summed E-state index contributed by atoms with van der Waals surface area (Å²) in [5.41, 5.74) is 0.691. The Balaban J connectivity index is 1.68. The van der Waals surface area contributed by atoms with E-state index in [0.29, 0.717) is 5.41 Å². The molecule has 0 aromatic heterocycles. The fourth-order valence-electron chi connectivity index (χ4n) is 7.64. The lowest BCUT2D eigenvalue weighted by Gasteiger charge is -2.59. The first kappa shape index (κ1) is 16.2. The lowest BCUT2D eigenvalue weighted by Crippen LogP contribution is -2.53. The van der Waals surface area contributed by atoms with Gasteiger partial charge in [-0.25, -0.2) is 0 Å². The number of hydrogen-bond donors (Lipinski definition) is 1. The van der Waals surface area contributed by atoms with E-state index in [1.54, 1.807) is 0 Å². The van der Waals surface area contributed by atoms with Gasteiger partial charge in [-0.15, -0.1) is 0 Å². The van der Waals surface area contributed by atoms with Crippen molar-refractivity contribution in [3.05, 3.63) is 12.2 Å². The SMILES string of the molecule is C[C@H]1C=C[C@@]2(C)[C@@H](CC[C@@H]3[C@@H]2CC[C@@]2(C)[C@H]3CC(C)(C)[C@@H]2O)C1. The van der Waals surface area contributed by atoms with E-state index >= 15 is 0 Å². The largest absolute Gasteiger partial charge is 0.392 e. The van der Waals surface area contributed by atoms with E-state index in [9.17, 15) is 5.11 Å². The van der Waals surface area contributed by atoms with Gasteiger partial charge in [0.15, 0.2) is 0 Å². The number of hydrogen-bond acceptors (Lipinski definition) is 1. The van der Waals surface area contributed by atoms with E-state index < -0.39 is 0 Å². The summed E-state index contributed by atoms with van der Waals surface area (Å²) in [6.45, 7) is 11.9. The Morgan fingerprint density at radius 2 is 1.74 bits per heavy atom. The van der Waals surface area contributed by atoms with Crippen LogP contribution in [-0.4, -0.2) is 11.2 Å². The second-order valence-electron chi connectivity index (χ2n) is 10.7. The Kier molecular flexibility index (Phi) is 3.43. The van der Waals surface area contributed by atoms with Gasteiger partial charge in [0, 0.05) is 0 Å². The van der Waals surface area contributed by atoms with E-state index in [1.807, 2.05) is 0 Å². The van der Waals surface area contributed by atoms with Crippen LogP contribution in [0.3, 0.4) is 0 Å². The first-order chi connectivity index (χ1) is 10.7. The zero-order chi connectivity index (χ0) is 16.6. The van der Waals surface area contributed by atoms with Gasteiger partial charge in [-0.3, -0.25) is 0 Å². The Morgan fingerprint density at radius 3 is 2.48 bits per heavy atom. The van der Waals surface area contributed by atoms with Crippen LogP contribution in [0.2, 0.25) is 0 Å². The van der Waals surface area contributed by atoms with Crippen LogP contribution in [0.25, 0.3) is 0 Å². The van der Waals surface area contributed by atoms with Crippen LogP contribution in [0.5, 0.6) is 0 Å². The first-order valence-electron chi connectivity index (χ1n) is 10.1. The second kappa shape index (κ2) is 4.87. The van der Waals surface area contributed by atoms with Crippen LogP contribution >= 0.6 is 0 Å². The maximum atomic E-state index is 11.0. The van der Waals surface area contributed by atoms with Gasteiger partial charge in [-0.2, -0.15) is 0 Å². The average molecular weight is 317 g/mol. The standard InChI is InChI=1S/C22H36O/c1-14-8-10-21(4)15(12-14)6-7-16-17(21)9-11-22(5)18(16)13-20(2,3)19(22)23/h8,10,14-19,23H,6-7,9,11-13H2,1-5H3/t14-,15-,16+,17-,18-,19-,21-,22-/m0/s1. The fraction of sp³-hybridized carbons (Fsp3) is 0.909. The van der Waals surface area contributed by atoms with Gasteiger partial charge in [0.25, 0.3) is 0 Å². The fourth-order valence-corrected chi connectivity index (χ4v) is 7.64. The summed E-state index contributed by atoms with van der Waals surface area (Å²) in [6.07, 6.45) is 13.0. The Labute approximate surface area is 142 Å². The molecular weight excluding hydrogens is 280 g/mol. The van der Waals surface area contributed by atoms with Gasteiger partial charge in [0.1, 0.15) is 0 Å². The summed E-state index contributed by atoms with van der Waals surface area (Å²) >= 11 is 0. The molecule has 4 aliphatic carbocycles. The predicted molar refractivity (Wildman–Crippen MR) is 96.0 cm³/mol. The van der Waals surface area contributed by atoms with E-state index in [1.165, 1.54) is 38.5 Å². The topological polar surface area (TPSA) is 20.2 Å². The van der Waals surface area contributed by atoms with E-state index in [4.69, 9.17) is 0 Å². The summed E-state index contributed by atoms with van der Waals surface area (Å²) < 4.78 is 0. The molecule has 8 atom stereocenters. The lowest BCUT2D eigenvalue weighted by molar-refractivity contribution is -0.102. The second-order valence-corrected chi connectivity index (χ2v) is 10.7. The summed E-state index contributed by atoms with van der Waals surface area (Å²) in [4.78, 5) is 0. The van der Waals surface area contributed by atoms with Crippen LogP contribution in [0.4, 0.5) is 0 Å². The molecule has 0 unspecified atom stereocenters. The van der Waals surface area contributed by atoms with Gasteiger partial charge >= 0.3 is 0 Å². The zero-order valence-corrected chi connectivity index (χ0v) is 15.8. The molecular formula is C22H36O. The molecule has 23 heavy (non-hydrogen) atoms. The third-order valence-electron chi connectivity index (χ3n) is 8.95. The quantitative estimate of drug-likeness (QED) is 0.590. The first-order valence-corrected chi connectivity index (χ1v) is 10.1. The molecule has 0 aliphatic heterocycles. The number of rotatable bonds is 0. The van der Waals surface area contributed by atoms with Crippen molar-refractivity contribution in [3.8, 4) is 0 Å². The van der Waals surface area contributed by atoms with Crippen molar-refractivity contribution >= 4 is 0 Å². The normalized spacial score (nSPS) is 57.5. The molecule has 1 nitrogen and oxygen atoms in total. The molecule has 1 heteroatoms. The van der Waals surface area contributed by atoms with Crippen LogP contribution in [0.15, 0.2) is 12.2 Å². The van der Waals surface area contributed by atoms with Gasteiger partial charge in [0.2, 0.25) is 0 Å². The molecule has 4 aliphatic rings. The lowest BCUT2D eigenvalue weighted by atomic mass is 9.46. The summed E-state index contributed by atoms with van der Waals surface area (Å²) in [7, 11) is 0. The van der Waals surface area contributed by atoms with Crippen molar-refractivity contribution in [1.82, 2.24) is 0 Å². The van der Waals surface area contributed by atoms with Crippen LogP contribution in [-0.2, 0) is 0 Å². The molecule has 3 saturated carbocycles. The Morgan fingerprint density at radius 1 is 1.00 bits per heavy atom. The maximum absolute atomic E-state index is 11.0. The molecule has 0 heterocycles. The highest BCUT2D eigenvalue weighted by molar-refractivity contribution is 5.18. The molecule has 4 rings (SSSR count). The monoisotopic (exact) mass is 316 g/mol. The Bertz CT molecular complexity index is 520. The van der Waals surface area contributed by atoms with Crippen LogP contribution < -0.4 is 0 Å². The minimum absolute atomic E-state index is 0.100. The van der Waals surface area contributed by atoms with Gasteiger partial charge in [-0.05, 0) is 84.4 Å². The number of aliphatic hydroxyl groups excluding tert-OH is 1. The third kappa shape index (κ3) is 2.08. The summed E-state index contributed by atoms with van der Waals surface area (Å²) in [5, 5.41) is 11.0. The molecule has 1 N–H and O–H groups in total. The smallest absolute Gasteiger partial charge is 0.0647 e. The predicted octanol–water partition coefficient (Wildman–Crippen LogP) is 5.44. The van der Waals surface area contributed by atoms with Crippen molar-refractivity contribution in [2.75, 3.05) is 0 Å². The number of fused-ring (bicyclic) bond motifs is 5. The van der Waals surface area contributed by atoms with Gasteiger partial charge in [-0.1, -0.05) is 46.8 Å². The Hall–Kier alpha value is -0.300. The average Bonchev–Trinajstić information content (AvgIpc) is 2.68. The number of aliphatic hydroxyl groups is 1. The molecule has 0 aromatic carbocycles. The van der Waals surface area contributed by atoms with Crippen molar-refractivity contribution in [1.29, 1.82) is 0 Å². The van der Waals surface area contributed by atoms with Gasteiger partial charge in [0.05, 0.1) is 6.10 Å². The minimum Gasteiger partial charge on any atom is -0.392 e. The molecule has 130 valence electrons. The molecule has 0 spiro atoms. The number of allylic oxidation sites excluding steroid dienone is 2. The molecule has 0 bridgehead atoms. The third-order valence-corrected chi connectivity index (χ3v) is 8.95. The molecule has 0 radical (unpaired) electrons. The van der Waals surface area contributed by atoms with Crippen LogP contribution in [0.1, 0.15) is 73.1 Å². The van der Waals surface area contributed by atoms with E-state index in [-0.39, 0.29) is 16.9 Å². The highest BCUT2D eigenvalue weighted by Gasteiger charge is 2.63. The molecule has 0 amide bonds. The van der Waals surface area contributed by atoms with Crippen LogP contribution in [0, 0.1) is 45.8 Å².